The molecule has 2 saturated heterocycles. The molecule has 2 N–H and O–H groups in total. The molecule has 2 heterocycles. The molecule has 8 nitrogen and oxygen atoms in total. The van der Waals surface area contributed by atoms with Crippen molar-refractivity contribution in [3.63, 3.8) is 0 Å². The van der Waals surface area contributed by atoms with Crippen LogP contribution in [0.15, 0.2) is 18.2 Å². The first kappa shape index (κ1) is 18.8. The average Bonchev–Trinajstić information content (AvgIpc) is 2.92. The van der Waals surface area contributed by atoms with E-state index in [4.69, 9.17) is 24.1 Å². The number of methoxy groups -OCH3 is 2. The standard InChI is InChI=1S/C18H26N2O6/c1-18(2)25-10-15(26-18)16-13(19-17(21)22)9-20(16)8-11-5-6-12(23-3)7-14(11)24-4/h5-7,13,15-16,19H,8-10H2,1-4H3,(H,21,22)/t13-,15-,16-/m0/s1. The summed E-state index contributed by atoms with van der Waals surface area (Å²) < 4.78 is 22.4. The predicted molar refractivity (Wildman–Crippen MR) is 93.6 cm³/mol. The summed E-state index contributed by atoms with van der Waals surface area (Å²) in [5.74, 6) is 0.810. The van der Waals surface area contributed by atoms with Gasteiger partial charge in [0, 0.05) is 24.7 Å². The van der Waals surface area contributed by atoms with Gasteiger partial charge in [0.1, 0.15) is 17.6 Å². The van der Waals surface area contributed by atoms with Crippen molar-refractivity contribution in [2.45, 2.75) is 44.4 Å². The molecule has 1 aromatic rings. The van der Waals surface area contributed by atoms with Gasteiger partial charge in [0.05, 0.1) is 32.9 Å². The fourth-order valence-electron chi connectivity index (χ4n) is 3.64. The van der Waals surface area contributed by atoms with E-state index in [0.717, 1.165) is 17.1 Å². The Bertz CT molecular complexity index is 665. The van der Waals surface area contributed by atoms with Crippen LogP contribution in [0.25, 0.3) is 0 Å². The van der Waals surface area contributed by atoms with Gasteiger partial charge in [0.15, 0.2) is 5.79 Å². The van der Waals surface area contributed by atoms with Crippen molar-refractivity contribution < 1.29 is 28.8 Å². The Kier molecular flexibility index (Phi) is 5.27. The van der Waals surface area contributed by atoms with Crippen LogP contribution < -0.4 is 14.8 Å². The normalized spacial score (nSPS) is 27.6. The molecular formula is C18H26N2O6. The van der Waals surface area contributed by atoms with Gasteiger partial charge in [0.2, 0.25) is 0 Å². The van der Waals surface area contributed by atoms with Crippen molar-refractivity contribution >= 4 is 6.09 Å². The van der Waals surface area contributed by atoms with E-state index in [1.54, 1.807) is 14.2 Å². The molecule has 0 aromatic heterocycles. The third-order valence-electron chi connectivity index (χ3n) is 4.85. The molecule has 2 aliphatic rings. The molecule has 0 radical (unpaired) electrons. The number of carbonyl (C=O) groups is 1. The molecule has 3 rings (SSSR count). The van der Waals surface area contributed by atoms with Gasteiger partial charge in [-0.25, -0.2) is 4.79 Å². The zero-order chi connectivity index (χ0) is 18.9. The summed E-state index contributed by atoms with van der Waals surface area (Å²) in [6, 6.07) is 5.40. The first-order valence-corrected chi connectivity index (χ1v) is 8.59. The van der Waals surface area contributed by atoms with E-state index >= 15 is 0 Å². The van der Waals surface area contributed by atoms with Crippen molar-refractivity contribution in [3.8, 4) is 11.5 Å². The second-order valence-corrected chi connectivity index (χ2v) is 7.02. The molecule has 0 saturated carbocycles. The predicted octanol–water partition coefficient (Wildman–Crippen LogP) is 1.68. The Morgan fingerprint density at radius 3 is 2.73 bits per heavy atom. The lowest BCUT2D eigenvalue weighted by atomic mass is 9.90. The van der Waals surface area contributed by atoms with E-state index < -0.39 is 11.9 Å². The summed E-state index contributed by atoms with van der Waals surface area (Å²) in [4.78, 5) is 13.3. The number of hydrogen-bond donors (Lipinski definition) is 2. The van der Waals surface area contributed by atoms with Crippen LogP contribution in [0.5, 0.6) is 11.5 Å². The monoisotopic (exact) mass is 366 g/mol. The van der Waals surface area contributed by atoms with Gasteiger partial charge in [0.25, 0.3) is 0 Å². The Morgan fingerprint density at radius 1 is 1.38 bits per heavy atom. The van der Waals surface area contributed by atoms with Crippen LogP contribution in [-0.4, -0.2) is 67.4 Å². The minimum absolute atomic E-state index is 0.0975. The summed E-state index contributed by atoms with van der Waals surface area (Å²) in [7, 11) is 3.23. The summed E-state index contributed by atoms with van der Waals surface area (Å²) in [5, 5.41) is 11.7. The van der Waals surface area contributed by atoms with E-state index in [0.29, 0.717) is 19.7 Å². The number of hydrogen-bond acceptors (Lipinski definition) is 6. The molecule has 1 amide bonds. The molecule has 8 heteroatoms. The highest BCUT2D eigenvalue weighted by Crippen LogP contribution is 2.34. The fraction of sp³-hybridized carbons (Fsp3) is 0.611. The van der Waals surface area contributed by atoms with Crippen molar-refractivity contribution in [1.29, 1.82) is 0 Å². The first-order chi connectivity index (χ1) is 12.3. The van der Waals surface area contributed by atoms with Crippen LogP contribution >= 0.6 is 0 Å². The maximum atomic E-state index is 11.1. The zero-order valence-corrected chi connectivity index (χ0v) is 15.5. The number of nitrogens with one attached hydrogen (secondary N) is 1. The van der Waals surface area contributed by atoms with Crippen LogP contribution in [0, 0.1) is 0 Å². The summed E-state index contributed by atoms with van der Waals surface area (Å²) in [6.07, 6.45) is -1.22. The van der Waals surface area contributed by atoms with Crippen LogP contribution in [-0.2, 0) is 16.0 Å². The minimum Gasteiger partial charge on any atom is -0.497 e. The maximum absolute atomic E-state index is 11.1. The number of amides is 1. The molecule has 0 spiro atoms. The van der Waals surface area contributed by atoms with Gasteiger partial charge in [-0.15, -0.1) is 0 Å². The van der Waals surface area contributed by atoms with Crippen LogP contribution in [0.2, 0.25) is 0 Å². The van der Waals surface area contributed by atoms with Gasteiger partial charge in [-0.2, -0.15) is 0 Å². The number of benzene rings is 1. The topological polar surface area (TPSA) is 89.5 Å². The van der Waals surface area contributed by atoms with Gasteiger partial charge < -0.3 is 29.4 Å². The van der Waals surface area contributed by atoms with Crippen LogP contribution in [0.1, 0.15) is 19.4 Å². The van der Waals surface area contributed by atoms with Crippen LogP contribution in [0.4, 0.5) is 4.79 Å². The number of likely N-dealkylation sites (tertiary alicyclic amines) is 1. The molecule has 0 aliphatic carbocycles. The Balaban J connectivity index is 1.75. The maximum Gasteiger partial charge on any atom is 0.404 e. The highest BCUT2D eigenvalue weighted by atomic mass is 16.7. The van der Waals surface area contributed by atoms with E-state index in [-0.39, 0.29) is 18.2 Å². The van der Waals surface area contributed by atoms with Crippen molar-refractivity contribution in [3.05, 3.63) is 23.8 Å². The van der Waals surface area contributed by atoms with E-state index in [2.05, 4.69) is 10.2 Å². The average molecular weight is 366 g/mol. The highest BCUT2D eigenvalue weighted by Gasteiger charge is 2.49. The van der Waals surface area contributed by atoms with Gasteiger partial charge in [-0.05, 0) is 19.9 Å². The quantitative estimate of drug-likeness (QED) is 0.792. The Labute approximate surface area is 153 Å². The molecule has 1 aromatic carbocycles. The summed E-state index contributed by atoms with van der Waals surface area (Å²) in [5.41, 5.74) is 1.00. The molecule has 144 valence electrons. The molecule has 26 heavy (non-hydrogen) atoms. The molecular weight excluding hydrogens is 340 g/mol. The summed E-state index contributed by atoms with van der Waals surface area (Å²) in [6.45, 7) is 5.39. The smallest absolute Gasteiger partial charge is 0.404 e. The second-order valence-electron chi connectivity index (χ2n) is 7.02. The lowest BCUT2D eigenvalue weighted by molar-refractivity contribution is -0.157. The lowest BCUT2D eigenvalue weighted by Gasteiger charge is -2.50. The Hall–Kier alpha value is -2.03. The SMILES string of the molecule is COc1ccc(CN2C[C@H](NC(=O)O)[C@H]2[C@@H]2COC(C)(C)O2)c(OC)c1. The number of carboxylic acid groups (broad SMARTS) is 1. The highest BCUT2D eigenvalue weighted by molar-refractivity contribution is 5.65. The van der Waals surface area contributed by atoms with Gasteiger partial charge in [-0.1, -0.05) is 6.07 Å². The lowest BCUT2D eigenvalue weighted by Crippen LogP contribution is -2.70. The van der Waals surface area contributed by atoms with Crippen molar-refractivity contribution in [2.24, 2.45) is 0 Å². The summed E-state index contributed by atoms with van der Waals surface area (Å²) >= 11 is 0. The third kappa shape index (κ3) is 3.87. The third-order valence-corrected chi connectivity index (χ3v) is 4.85. The number of rotatable bonds is 6. The van der Waals surface area contributed by atoms with E-state index in [1.807, 2.05) is 32.0 Å². The van der Waals surface area contributed by atoms with E-state index in [1.165, 1.54) is 0 Å². The van der Waals surface area contributed by atoms with Gasteiger partial charge in [-0.3, -0.25) is 4.90 Å². The van der Waals surface area contributed by atoms with Gasteiger partial charge >= 0.3 is 6.09 Å². The minimum atomic E-state index is -1.03. The van der Waals surface area contributed by atoms with Crippen molar-refractivity contribution in [1.82, 2.24) is 10.2 Å². The Morgan fingerprint density at radius 2 is 2.15 bits per heavy atom. The largest absolute Gasteiger partial charge is 0.497 e. The van der Waals surface area contributed by atoms with E-state index in [9.17, 15) is 4.79 Å². The number of nitrogens with zero attached hydrogens (tertiary/aromatic N) is 1. The second kappa shape index (κ2) is 7.30. The molecule has 3 atom stereocenters. The molecule has 2 fully saturated rings. The fourth-order valence-corrected chi connectivity index (χ4v) is 3.64. The molecule has 0 unspecified atom stereocenters. The van der Waals surface area contributed by atoms with Crippen LogP contribution in [0.3, 0.4) is 0 Å². The molecule has 0 bridgehead atoms. The van der Waals surface area contributed by atoms with Crippen molar-refractivity contribution in [2.75, 3.05) is 27.4 Å². The number of ether oxygens (including phenoxy) is 4. The zero-order valence-electron chi connectivity index (χ0n) is 15.5. The molecule has 2 aliphatic heterocycles. The first-order valence-electron chi connectivity index (χ1n) is 8.59.